The fraction of sp³-hybridized carbons (Fsp3) is 0.429. The monoisotopic (exact) mass is 264 g/mol. The van der Waals surface area contributed by atoms with E-state index in [9.17, 15) is 9.59 Å². The minimum Gasteiger partial charge on any atom is -0.481 e. The molecule has 0 saturated heterocycles. The van der Waals surface area contributed by atoms with Crippen molar-refractivity contribution in [1.29, 1.82) is 0 Å². The van der Waals surface area contributed by atoms with Crippen molar-refractivity contribution in [2.75, 3.05) is 5.32 Å². The molecule has 4 N–H and O–H groups in total. The number of aliphatic carboxylic acids is 1. The zero-order chi connectivity index (χ0) is 14.4. The molecule has 0 aliphatic heterocycles. The van der Waals surface area contributed by atoms with Gasteiger partial charge in [-0.3, -0.25) is 9.59 Å². The third kappa shape index (κ3) is 5.09. The van der Waals surface area contributed by atoms with E-state index < -0.39 is 12.0 Å². The van der Waals surface area contributed by atoms with Crippen LogP contribution in [-0.4, -0.2) is 23.0 Å². The number of nitrogens with one attached hydrogen (secondary N) is 1. The van der Waals surface area contributed by atoms with Crippen LogP contribution in [0.3, 0.4) is 0 Å². The van der Waals surface area contributed by atoms with Gasteiger partial charge in [-0.2, -0.15) is 0 Å². The average Bonchev–Trinajstić information content (AvgIpc) is 2.30. The van der Waals surface area contributed by atoms with Crippen molar-refractivity contribution in [1.82, 2.24) is 0 Å². The molecule has 0 aromatic heterocycles. The Hall–Kier alpha value is -1.88. The first-order valence-electron chi connectivity index (χ1n) is 6.26. The fourth-order valence-corrected chi connectivity index (χ4v) is 1.80. The van der Waals surface area contributed by atoms with Gasteiger partial charge in [0.1, 0.15) is 0 Å². The summed E-state index contributed by atoms with van der Waals surface area (Å²) in [5, 5.41) is 11.5. The Labute approximate surface area is 112 Å². The van der Waals surface area contributed by atoms with E-state index in [-0.39, 0.29) is 12.3 Å². The number of hydrogen-bond donors (Lipinski definition) is 3. The number of hydrogen-bond acceptors (Lipinski definition) is 3. The highest BCUT2D eigenvalue weighted by Gasteiger charge is 2.16. The van der Waals surface area contributed by atoms with Gasteiger partial charge in [0.2, 0.25) is 5.91 Å². The largest absolute Gasteiger partial charge is 0.481 e. The van der Waals surface area contributed by atoms with Crippen molar-refractivity contribution in [2.24, 2.45) is 11.7 Å². The Balaban J connectivity index is 2.76. The summed E-state index contributed by atoms with van der Waals surface area (Å²) in [6.45, 7) is 3.98. The van der Waals surface area contributed by atoms with Crippen molar-refractivity contribution < 1.29 is 14.7 Å². The highest BCUT2D eigenvalue weighted by molar-refractivity contribution is 5.95. The molecule has 0 saturated carbocycles. The summed E-state index contributed by atoms with van der Waals surface area (Å²) < 4.78 is 0. The Kier molecular flexibility index (Phi) is 5.51. The summed E-state index contributed by atoms with van der Waals surface area (Å²) in [7, 11) is 0. The van der Waals surface area contributed by atoms with Gasteiger partial charge >= 0.3 is 5.97 Å². The number of rotatable bonds is 6. The fourth-order valence-electron chi connectivity index (χ4n) is 1.80. The number of para-hydroxylation sites is 1. The van der Waals surface area contributed by atoms with Crippen LogP contribution in [0, 0.1) is 5.92 Å². The number of anilines is 1. The molecule has 5 nitrogen and oxygen atoms in total. The molecule has 0 aliphatic rings. The van der Waals surface area contributed by atoms with E-state index in [0.29, 0.717) is 23.6 Å². The van der Waals surface area contributed by atoms with Gasteiger partial charge in [-0.15, -0.1) is 0 Å². The first-order valence-corrected chi connectivity index (χ1v) is 6.26. The maximum absolute atomic E-state index is 11.9. The second-order valence-electron chi connectivity index (χ2n) is 4.95. The van der Waals surface area contributed by atoms with E-state index in [1.54, 1.807) is 24.3 Å². The molecule has 1 rings (SSSR count). The third-order valence-corrected chi connectivity index (χ3v) is 2.68. The molecule has 0 aliphatic carbocycles. The topological polar surface area (TPSA) is 92.4 Å². The van der Waals surface area contributed by atoms with Crippen LogP contribution in [0.4, 0.5) is 5.69 Å². The molecule has 0 unspecified atom stereocenters. The second-order valence-corrected chi connectivity index (χ2v) is 4.95. The van der Waals surface area contributed by atoms with Gasteiger partial charge in [0.05, 0.1) is 12.5 Å². The van der Waals surface area contributed by atoms with Crippen LogP contribution < -0.4 is 11.1 Å². The molecule has 0 spiro atoms. The molecule has 1 atom stereocenters. The Bertz CT molecular complexity index is 458. The minimum absolute atomic E-state index is 0.129. The molecular formula is C14H20N2O3. The molecule has 104 valence electrons. The quantitative estimate of drug-likeness (QED) is 0.728. The number of carboxylic acid groups (broad SMARTS) is 1. The van der Waals surface area contributed by atoms with E-state index in [1.165, 1.54) is 0 Å². The van der Waals surface area contributed by atoms with Crippen molar-refractivity contribution in [3.63, 3.8) is 0 Å². The second kappa shape index (κ2) is 6.89. The van der Waals surface area contributed by atoms with Crippen molar-refractivity contribution >= 4 is 17.6 Å². The normalized spacial score (nSPS) is 12.2. The maximum atomic E-state index is 11.9. The third-order valence-electron chi connectivity index (χ3n) is 2.68. The van der Waals surface area contributed by atoms with Gasteiger partial charge in [0, 0.05) is 5.69 Å². The molecule has 5 heteroatoms. The van der Waals surface area contributed by atoms with Crippen LogP contribution in [0.5, 0.6) is 0 Å². The standard InChI is InChI=1S/C14H20N2O3/c1-9(2)7-11(15)14(19)16-12-6-4-3-5-10(12)8-13(17)18/h3-6,9,11H,7-8,15H2,1-2H3,(H,16,19)(H,17,18)/t11-/m1/s1. The number of carboxylic acids is 1. The first-order chi connectivity index (χ1) is 8.90. The number of benzene rings is 1. The number of carbonyl (C=O) groups is 2. The van der Waals surface area contributed by atoms with E-state index in [1.807, 2.05) is 13.8 Å². The van der Waals surface area contributed by atoms with Crippen LogP contribution in [0.15, 0.2) is 24.3 Å². The summed E-state index contributed by atoms with van der Waals surface area (Å²) in [4.78, 5) is 22.7. The Morgan fingerprint density at radius 2 is 1.95 bits per heavy atom. The van der Waals surface area contributed by atoms with E-state index in [2.05, 4.69) is 5.32 Å². The predicted octanol–water partition coefficient (Wildman–Crippen LogP) is 1.63. The smallest absolute Gasteiger partial charge is 0.307 e. The molecule has 0 fully saturated rings. The zero-order valence-electron chi connectivity index (χ0n) is 11.2. The van der Waals surface area contributed by atoms with Gasteiger partial charge in [0.25, 0.3) is 0 Å². The highest BCUT2D eigenvalue weighted by Crippen LogP contribution is 2.16. The summed E-state index contributed by atoms with van der Waals surface area (Å²) in [6, 6.07) is 6.25. The summed E-state index contributed by atoms with van der Waals surface area (Å²) in [6.07, 6.45) is 0.461. The molecular weight excluding hydrogens is 244 g/mol. The lowest BCUT2D eigenvalue weighted by molar-refractivity contribution is -0.136. The maximum Gasteiger partial charge on any atom is 0.307 e. The van der Waals surface area contributed by atoms with Gasteiger partial charge in [0.15, 0.2) is 0 Å². The molecule has 0 bridgehead atoms. The van der Waals surface area contributed by atoms with Crippen LogP contribution in [0.2, 0.25) is 0 Å². The molecule has 1 aromatic rings. The van der Waals surface area contributed by atoms with Crippen LogP contribution in [-0.2, 0) is 16.0 Å². The van der Waals surface area contributed by atoms with E-state index in [4.69, 9.17) is 10.8 Å². The average molecular weight is 264 g/mol. The SMILES string of the molecule is CC(C)C[C@@H](N)C(=O)Nc1ccccc1CC(=O)O. The van der Waals surface area contributed by atoms with Crippen molar-refractivity contribution in [3.8, 4) is 0 Å². The van der Waals surface area contributed by atoms with Crippen LogP contribution >= 0.6 is 0 Å². The summed E-state index contributed by atoms with van der Waals surface area (Å²) in [5.74, 6) is -0.894. The predicted molar refractivity (Wildman–Crippen MR) is 73.8 cm³/mol. The number of carbonyl (C=O) groups excluding carboxylic acids is 1. The Morgan fingerprint density at radius 3 is 2.53 bits per heavy atom. The lowest BCUT2D eigenvalue weighted by Crippen LogP contribution is -2.36. The van der Waals surface area contributed by atoms with Crippen molar-refractivity contribution in [3.05, 3.63) is 29.8 Å². The zero-order valence-corrected chi connectivity index (χ0v) is 11.2. The highest BCUT2D eigenvalue weighted by atomic mass is 16.4. The minimum atomic E-state index is -0.937. The molecule has 0 heterocycles. The first kappa shape index (κ1) is 15.2. The van der Waals surface area contributed by atoms with Crippen LogP contribution in [0.25, 0.3) is 0 Å². The molecule has 1 aromatic carbocycles. The van der Waals surface area contributed by atoms with Gasteiger partial charge < -0.3 is 16.2 Å². The van der Waals surface area contributed by atoms with Crippen molar-refractivity contribution in [2.45, 2.75) is 32.7 Å². The molecule has 0 radical (unpaired) electrons. The van der Waals surface area contributed by atoms with E-state index in [0.717, 1.165) is 0 Å². The lowest BCUT2D eigenvalue weighted by Gasteiger charge is -2.15. The van der Waals surface area contributed by atoms with Gasteiger partial charge in [-0.25, -0.2) is 0 Å². The summed E-state index contributed by atoms with van der Waals surface area (Å²) in [5.41, 5.74) is 6.87. The number of nitrogens with two attached hydrogens (primary N) is 1. The van der Waals surface area contributed by atoms with Gasteiger partial charge in [-0.1, -0.05) is 32.0 Å². The lowest BCUT2D eigenvalue weighted by atomic mass is 10.0. The Morgan fingerprint density at radius 1 is 1.32 bits per heavy atom. The molecule has 19 heavy (non-hydrogen) atoms. The van der Waals surface area contributed by atoms with Crippen LogP contribution in [0.1, 0.15) is 25.8 Å². The summed E-state index contributed by atoms with van der Waals surface area (Å²) >= 11 is 0. The van der Waals surface area contributed by atoms with Gasteiger partial charge in [-0.05, 0) is 24.0 Å². The number of amides is 1. The molecule has 1 amide bonds. The van der Waals surface area contributed by atoms with E-state index >= 15 is 0 Å².